The maximum absolute atomic E-state index is 13.2. The highest BCUT2D eigenvalue weighted by Crippen LogP contribution is 2.18. The van der Waals surface area contributed by atoms with E-state index >= 15 is 0 Å². The highest BCUT2D eigenvalue weighted by atomic mass is 19.1. The second-order valence-corrected chi connectivity index (χ2v) is 4.31. The van der Waals surface area contributed by atoms with Crippen molar-refractivity contribution in [3.05, 3.63) is 53.1 Å². The maximum Gasteiger partial charge on any atom is 0.337 e. The topological polar surface area (TPSA) is 99.3 Å². The number of hydrogen-bond acceptors (Lipinski definition) is 3. The van der Waals surface area contributed by atoms with E-state index in [1.807, 2.05) is 0 Å². The molecule has 0 unspecified atom stereocenters. The molecule has 0 aliphatic heterocycles. The Labute approximate surface area is 118 Å². The lowest BCUT2D eigenvalue weighted by Crippen LogP contribution is -2.15. The standard InChI is InChI=1S/C14H11FN2O4/c1-7(18)8-4-12(16-6-8)13(19)17-11-5-9(15)2-3-10(11)14(20)21/h2-6,16H,1H3,(H,17,19)(H,20,21). The summed E-state index contributed by atoms with van der Waals surface area (Å²) < 4.78 is 13.2. The van der Waals surface area contributed by atoms with Gasteiger partial charge in [-0.15, -0.1) is 0 Å². The van der Waals surface area contributed by atoms with Crippen LogP contribution >= 0.6 is 0 Å². The normalized spacial score (nSPS) is 10.2. The number of amides is 1. The lowest BCUT2D eigenvalue weighted by molar-refractivity contribution is 0.0697. The van der Waals surface area contributed by atoms with Crippen LogP contribution in [0.1, 0.15) is 38.1 Å². The van der Waals surface area contributed by atoms with Gasteiger partial charge in [-0.25, -0.2) is 9.18 Å². The van der Waals surface area contributed by atoms with Crippen LogP contribution in [0.5, 0.6) is 0 Å². The number of carboxylic acids is 1. The summed E-state index contributed by atoms with van der Waals surface area (Å²) in [6.45, 7) is 1.35. The smallest absolute Gasteiger partial charge is 0.337 e. The van der Waals surface area contributed by atoms with Gasteiger partial charge in [-0.05, 0) is 31.2 Å². The number of ketones is 1. The molecule has 0 aliphatic rings. The second kappa shape index (κ2) is 5.58. The Kier molecular flexibility index (Phi) is 3.84. The summed E-state index contributed by atoms with van der Waals surface area (Å²) in [4.78, 5) is 36.7. The molecule has 0 aliphatic carbocycles. The number of anilines is 1. The first-order chi connectivity index (χ1) is 9.88. The van der Waals surface area contributed by atoms with Gasteiger partial charge in [-0.3, -0.25) is 9.59 Å². The van der Waals surface area contributed by atoms with E-state index in [1.54, 1.807) is 0 Å². The van der Waals surface area contributed by atoms with Gasteiger partial charge in [-0.2, -0.15) is 0 Å². The van der Waals surface area contributed by atoms with Crippen LogP contribution < -0.4 is 5.32 Å². The zero-order valence-corrected chi connectivity index (χ0v) is 10.9. The van der Waals surface area contributed by atoms with Crippen LogP contribution in [0, 0.1) is 5.82 Å². The van der Waals surface area contributed by atoms with Gasteiger partial charge in [0.25, 0.3) is 5.91 Å². The van der Waals surface area contributed by atoms with Crippen LogP contribution in [-0.2, 0) is 0 Å². The van der Waals surface area contributed by atoms with E-state index in [4.69, 9.17) is 5.11 Å². The van der Waals surface area contributed by atoms with E-state index in [0.29, 0.717) is 5.56 Å². The highest BCUT2D eigenvalue weighted by Gasteiger charge is 2.16. The molecule has 2 rings (SSSR count). The van der Waals surface area contributed by atoms with E-state index in [1.165, 1.54) is 19.2 Å². The fourth-order valence-electron chi connectivity index (χ4n) is 1.72. The first kappa shape index (κ1) is 14.4. The fraction of sp³-hybridized carbons (Fsp3) is 0.0714. The number of halogens is 1. The minimum absolute atomic E-state index is 0.0702. The molecule has 108 valence electrons. The Hall–Kier alpha value is -2.96. The van der Waals surface area contributed by atoms with Crippen LogP contribution in [0.3, 0.4) is 0 Å². The van der Waals surface area contributed by atoms with Crippen molar-refractivity contribution in [3.63, 3.8) is 0 Å². The molecule has 3 N–H and O–H groups in total. The zero-order chi connectivity index (χ0) is 15.6. The number of H-pyrrole nitrogens is 1. The average Bonchev–Trinajstić information content (AvgIpc) is 2.88. The molecule has 0 atom stereocenters. The van der Waals surface area contributed by atoms with Gasteiger partial charge < -0.3 is 15.4 Å². The summed E-state index contributed by atoms with van der Waals surface area (Å²) in [7, 11) is 0. The van der Waals surface area contributed by atoms with Gasteiger partial charge in [0.05, 0.1) is 11.3 Å². The van der Waals surface area contributed by atoms with Gasteiger partial charge in [0, 0.05) is 11.8 Å². The number of Topliss-reactive ketones (excluding diaryl/α,β-unsaturated/α-hetero) is 1. The van der Waals surface area contributed by atoms with Crippen LogP contribution in [0.15, 0.2) is 30.5 Å². The SMILES string of the molecule is CC(=O)c1c[nH]c(C(=O)Nc2cc(F)ccc2C(=O)O)c1. The third-order valence-electron chi connectivity index (χ3n) is 2.79. The van der Waals surface area contributed by atoms with E-state index in [-0.39, 0.29) is 22.7 Å². The van der Waals surface area contributed by atoms with Gasteiger partial charge in [0.15, 0.2) is 5.78 Å². The van der Waals surface area contributed by atoms with Gasteiger partial charge in [-0.1, -0.05) is 0 Å². The lowest BCUT2D eigenvalue weighted by Gasteiger charge is -2.07. The summed E-state index contributed by atoms with van der Waals surface area (Å²) >= 11 is 0. The molecule has 0 saturated heterocycles. The molecule has 21 heavy (non-hydrogen) atoms. The van der Waals surface area contributed by atoms with Crippen molar-refractivity contribution in [1.82, 2.24) is 4.98 Å². The number of aromatic carboxylic acids is 1. The molecule has 0 fully saturated rings. The van der Waals surface area contributed by atoms with Crippen molar-refractivity contribution in [1.29, 1.82) is 0 Å². The average molecular weight is 290 g/mol. The zero-order valence-electron chi connectivity index (χ0n) is 10.9. The maximum atomic E-state index is 13.2. The minimum atomic E-state index is -1.29. The molecule has 0 radical (unpaired) electrons. The van der Waals surface area contributed by atoms with E-state index in [0.717, 1.165) is 18.2 Å². The second-order valence-electron chi connectivity index (χ2n) is 4.31. The minimum Gasteiger partial charge on any atom is -0.478 e. The molecule has 1 heterocycles. The van der Waals surface area contributed by atoms with E-state index in [2.05, 4.69) is 10.3 Å². The van der Waals surface area contributed by atoms with Crippen LogP contribution in [0.2, 0.25) is 0 Å². The van der Waals surface area contributed by atoms with Crippen molar-refractivity contribution < 1.29 is 23.9 Å². The van der Waals surface area contributed by atoms with E-state index < -0.39 is 17.7 Å². The Morgan fingerprint density at radius 1 is 1.24 bits per heavy atom. The largest absolute Gasteiger partial charge is 0.478 e. The van der Waals surface area contributed by atoms with Crippen molar-refractivity contribution in [2.75, 3.05) is 5.32 Å². The number of carboxylic acid groups (broad SMARTS) is 1. The first-order valence-corrected chi connectivity index (χ1v) is 5.92. The van der Waals surface area contributed by atoms with Crippen molar-refractivity contribution in [2.24, 2.45) is 0 Å². The van der Waals surface area contributed by atoms with Crippen LogP contribution in [0.25, 0.3) is 0 Å². The van der Waals surface area contributed by atoms with Crippen molar-refractivity contribution >= 4 is 23.3 Å². The van der Waals surface area contributed by atoms with Crippen LogP contribution in [0.4, 0.5) is 10.1 Å². The molecule has 1 aromatic carbocycles. The van der Waals surface area contributed by atoms with Gasteiger partial charge in [0.1, 0.15) is 11.5 Å². The molecule has 0 saturated carbocycles. The Bertz CT molecular complexity index is 736. The number of aromatic amines is 1. The molecular formula is C14H11FN2O4. The Morgan fingerprint density at radius 2 is 1.95 bits per heavy atom. The molecule has 7 heteroatoms. The van der Waals surface area contributed by atoms with Crippen LogP contribution in [-0.4, -0.2) is 27.8 Å². The predicted molar refractivity (Wildman–Crippen MR) is 72.1 cm³/mol. The summed E-state index contributed by atoms with van der Waals surface area (Å²) in [5.74, 6) is -2.86. The quantitative estimate of drug-likeness (QED) is 0.752. The molecule has 2 aromatic rings. The van der Waals surface area contributed by atoms with Gasteiger partial charge >= 0.3 is 5.97 Å². The first-order valence-electron chi connectivity index (χ1n) is 5.92. The number of nitrogens with one attached hydrogen (secondary N) is 2. The molecule has 0 spiro atoms. The number of carbonyl (C=O) groups is 3. The summed E-state index contributed by atoms with van der Waals surface area (Å²) in [6.07, 6.45) is 1.36. The number of hydrogen-bond donors (Lipinski definition) is 3. The molecule has 6 nitrogen and oxygen atoms in total. The predicted octanol–water partition coefficient (Wildman–Crippen LogP) is 2.31. The fourth-order valence-corrected chi connectivity index (χ4v) is 1.72. The summed E-state index contributed by atoms with van der Waals surface area (Å²) in [6, 6.07) is 4.29. The third-order valence-corrected chi connectivity index (χ3v) is 2.79. The molecule has 1 amide bonds. The number of rotatable bonds is 4. The van der Waals surface area contributed by atoms with E-state index in [9.17, 15) is 18.8 Å². The van der Waals surface area contributed by atoms with Gasteiger partial charge in [0.2, 0.25) is 0 Å². The third kappa shape index (κ3) is 3.14. The monoisotopic (exact) mass is 290 g/mol. The van der Waals surface area contributed by atoms with Crippen molar-refractivity contribution in [2.45, 2.75) is 6.92 Å². The Morgan fingerprint density at radius 3 is 2.52 bits per heavy atom. The van der Waals surface area contributed by atoms with Crippen molar-refractivity contribution in [3.8, 4) is 0 Å². The number of benzene rings is 1. The molecular weight excluding hydrogens is 279 g/mol. The lowest BCUT2D eigenvalue weighted by atomic mass is 10.1. The Balaban J connectivity index is 2.28. The summed E-state index contributed by atoms with van der Waals surface area (Å²) in [5.41, 5.74) is -0.00628. The summed E-state index contributed by atoms with van der Waals surface area (Å²) in [5, 5.41) is 11.3. The number of aromatic nitrogens is 1. The molecule has 0 bridgehead atoms. The molecule has 1 aromatic heterocycles. The highest BCUT2D eigenvalue weighted by molar-refractivity contribution is 6.08. The number of carbonyl (C=O) groups excluding carboxylic acids is 2.